The van der Waals surface area contributed by atoms with Gasteiger partial charge >= 0.3 is 0 Å². The third-order valence-corrected chi connectivity index (χ3v) is 5.38. The molecule has 0 aliphatic carbocycles. The number of morpholine rings is 1. The van der Waals surface area contributed by atoms with Crippen molar-refractivity contribution in [1.29, 1.82) is 0 Å². The molecular weight excluding hydrogens is 406 g/mol. The molecule has 3 rings (SSSR count). The average molecular weight is 442 g/mol. The van der Waals surface area contributed by atoms with Crippen LogP contribution in [-0.4, -0.2) is 74.5 Å². The third kappa shape index (κ3) is 7.69. The molecule has 0 bridgehead atoms. The fourth-order valence-electron chi connectivity index (χ4n) is 3.41. The lowest BCUT2D eigenvalue weighted by Gasteiger charge is -2.41. The number of aromatic nitrogens is 1. The first-order chi connectivity index (χ1) is 15.6. The van der Waals surface area contributed by atoms with Gasteiger partial charge in [-0.1, -0.05) is 24.3 Å². The maximum Gasteiger partial charge on any atom is 0.213 e. The van der Waals surface area contributed by atoms with Crippen LogP contribution in [0.25, 0.3) is 0 Å². The predicted molar refractivity (Wildman–Crippen MR) is 126 cm³/mol. The van der Waals surface area contributed by atoms with Gasteiger partial charge in [-0.25, -0.2) is 4.98 Å². The molecule has 0 amide bonds. The Kier molecular flexibility index (Phi) is 9.13. The van der Waals surface area contributed by atoms with Crippen molar-refractivity contribution in [3.63, 3.8) is 0 Å². The van der Waals surface area contributed by atoms with E-state index < -0.39 is 0 Å². The van der Waals surface area contributed by atoms with E-state index >= 15 is 0 Å². The molecule has 2 N–H and O–H groups in total. The van der Waals surface area contributed by atoms with Gasteiger partial charge in [0.15, 0.2) is 5.96 Å². The molecule has 2 aromatic rings. The van der Waals surface area contributed by atoms with Crippen molar-refractivity contribution in [3.8, 4) is 11.6 Å². The van der Waals surface area contributed by atoms with Crippen LogP contribution in [0.3, 0.4) is 0 Å². The molecule has 1 saturated heterocycles. The minimum Gasteiger partial charge on any atom is -0.490 e. The van der Waals surface area contributed by atoms with Gasteiger partial charge in [0.1, 0.15) is 19.0 Å². The van der Waals surface area contributed by atoms with Crippen molar-refractivity contribution in [2.75, 3.05) is 53.1 Å². The molecule has 1 aromatic heterocycles. The summed E-state index contributed by atoms with van der Waals surface area (Å²) in [6.07, 6.45) is 1.81. The number of nitrogens with zero attached hydrogens (tertiary/aromatic N) is 3. The number of hydrogen-bond acceptors (Lipinski definition) is 6. The highest BCUT2D eigenvalue weighted by atomic mass is 16.5. The lowest BCUT2D eigenvalue weighted by Crippen LogP contribution is -2.56. The summed E-state index contributed by atoms with van der Waals surface area (Å²) in [7, 11) is 1.78. The Bertz CT molecular complexity index is 821. The fourth-order valence-corrected chi connectivity index (χ4v) is 3.41. The summed E-state index contributed by atoms with van der Waals surface area (Å²) in [6, 6.07) is 13.6. The van der Waals surface area contributed by atoms with Crippen LogP contribution in [0.1, 0.15) is 19.4 Å². The summed E-state index contributed by atoms with van der Waals surface area (Å²) in [5.41, 5.74) is 1.07. The third-order valence-electron chi connectivity index (χ3n) is 5.38. The first kappa shape index (κ1) is 23.8. The Morgan fingerprint density at radius 2 is 1.81 bits per heavy atom. The Morgan fingerprint density at radius 1 is 1.06 bits per heavy atom. The van der Waals surface area contributed by atoms with Crippen molar-refractivity contribution >= 4 is 5.96 Å². The van der Waals surface area contributed by atoms with Gasteiger partial charge in [0.25, 0.3) is 0 Å². The van der Waals surface area contributed by atoms with Gasteiger partial charge in [0, 0.05) is 51.0 Å². The average Bonchev–Trinajstić information content (AvgIpc) is 2.84. The molecule has 32 heavy (non-hydrogen) atoms. The summed E-state index contributed by atoms with van der Waals surface area (Å²) in [6.45, 7) is 10.3. The molecule has 1 fully saturated rings. The zero-order chi connectivity index (χ0) is 22.7. The van der Waals surface area contributed by atoms with Crippen molar-refractivity contribution in [2.24, 2.45) is 4.99 Å². The van der Waals surface area contributed by atoms with E-state index in [1.807, 2.05) is 48.7 Å². The summed E-state index contributed by atoms with van der Waals surface area (Å²) in [5, 5.41) is 6.78. The van der Waals surface area contributed by atoms with Gasteiger partial charge in [-0.2, -0.15) is 0 Å². The zero-order valence-electron chi connectivity index (χ0n) is 19.3. The van der Waals surface area contributed by atoms with Crippen LogP contribution in [0, 0.1) is 0 Å². The Balaban J connectivity index is 1.36. The first-order valence-electron chi connectivity index (χ1n) is 11.1. The highest BCUT2D eigenvalue weighted by molar-refractivity contribution is 5.79. The number of ether oxygens (including phenoxy) is 3. The fraction of sp³-hybridized carbons (Fsp3) is 0.500. The van der Waals surface area contributed by atoms with Crippen LogP contribution < -0.4 is 20.1 Å². The molecule has 0 atom stereocenters. The van der Waals surface area contributed by atoms with E-state index in [1.165, 1.54) is 0 Å². The largest absolute Gasteiger partial charge is 0.490 e. The van der Waals surface area contributed by atoms with Gasteiger partial charge in [-0.3, -0.25) is 9.89 Å². The summed E-state index contributed by atoms with van der Waals surface area (Å²) >= 11 is 0. The van der Waals surface area contributed by atoms with Crippen LogP contribution in [0.15, 0.2) is 53.7 Å². The molecule has 1 aromatic carbocycles. The SMILES string of the molecule is CN=C(NCc1ccc(OCCOc2ccccc2)nc1)NCC(C)(C)N1CCOCC1. The van der Waals surface area contributed by atoms with Crippen molar-refractivity contribution in [1.82, 2.24) is 20.5 Å². The Morgan fingerprint density at radius 3 is 2.50 bits per heavy atom. The molecule has 8 nitrogen and oxygen atoms in total. The van der Waals surface area contributed by atoms with Crippen LogP contribution in [0.2, 0.25) is 0 Å². The lowest BCUT2D eigenvalue weighted by molar-refractivity contribution is -0.00834. The molecule has 0 unspecified atom stereocenters. The second kappa shape index (κ2) is 12.3. The molecule has 0 spiro atoms. The second-order valence-corrected chi connectivity index (χ2v) is 8.21. The summed E-state index contributed by atoms with van der Waals surface area (Å²) < 4.78 is 16.7. The van der Waals surface area contributed by atoms with E-state index in [0.717, 1.165) is 50.1 Å². The van der Waals surface area contributed by atoms with Gasteiger partial charge in [0.2, 0.25) is 5.88 Å². The van der Waals surface area contributed by atoms with Gasteiger partial charge in [-0.15, -0.1) is 0 Å². The zero-order valence-corrected chi connectivity index (χ0v) is 19.3. The van der Waals surface area contributed by atoms with Crippen molar-refractivity contribution in [3.05, 3.63) is 54.2 Å². The van der Waals surface area contributed by atoms with Gasteiger partial charge in [-0.05, 0) is 31.5 Å². The Hall–Kier alpha value is -2.84. The number of nitrogens with one attached hydrogen (secondary N) is 2. The highest BCUT2D eigenvalue weighted by Gasteiger charge is 2.28. The van der Waals surface area contributed by atoms with Crippen molar-refractivity contribution < 1.29 is 14.2 Å². The maximum absolute atomic E-state index is 5.66. The maximum atomic E-state index is 5.66. The van der Waals surface area contributed by atoms with E-state index in [-0.39, 0.29) is 5.54 Å². The number of benzene rings is 1. The van der Waals surface area contributed by atoms with Crippen molar-refractivity contribution in [2.45, 2.75) is 25.9 Å². The highest BCUT2D eigenvalue weighted by Crippen LogP contribution is 2.15. The minimum atomic E-state index is 0.0200. The topological polar surface area (TPSA) is 80.2 Å². The Labute approximate surface area is 191 Å². The quantitative estimate of drug-likeness (QED) is 0.333. The van der Waals surface area contributed by atoms with Gasteiger partial charge in [0.05, 0.1) is 13.2 Å². The van der Waals surface area contributed by atoms with E-state index in [1.54, 1.807) is 7.05 Å². The smallest absolute Gasteiger partial charge is 0.213 e. The van der Waals surface area contributed by atoms with Crippen LogP contribution in [0.4, 0.5) is 0 Å². The number of guanidine groups is 1. The summed E-state index contributed by atoms with van der Waals surface area (Å²) in [5.74, 6) is 2.19. The predicted octanol–water partition coefficient (Wildman–Crippen LogP) is 2.32. The van der Waals surface area contributed by atoms with Crippen LogP contribution >= 0.6 is 0 Å². The van der Waals surface area contributed by atoms with E-state index in [9.17, 15) is 0 Å². The molecule has 0 radical (unpaired) electrons. The minimum absolute atomic E-state index is 0.0200. The molecule has 1 aliphatic heterocycles. The summed E-state index contributed by atoms with van der Waals surface area (Å²) in [4.78, 5) is 11.2. The van der Waals surface area contributed by atoms with Crippen LogP contribution in [-0.2, 0) is 11.3 Å². The van der Waals surface area contributed by atoms with E-state index in [0.29, 0.717) is 25.6 Å². The molecule has 0 saturated carbocycles. The number of aliphatic imine (C=N–C) groups is 1. The molecule has 1 aliphatic rings. The number of hydrogen-bond donors (Lipinski definition) is 2. The molecule has 2 heterocycles. The van der Waals surface area contributed by atoms with E-state index in [2.05, 4.69) is 39.4 Å². The normalized spacial score (nSPS) is 15.3. The van der Waals surface area contributed by atoms with E-state index in [4.69, 9.17) is 14.2 Å². The first-order valence-corrected chi connectivity index (χ1v) is 11.1. The molecule has 174 valence electrons. The number of para-hydroxylation sites is 1. The molecular formula is C24H35N5O3. The van der Waals surface area contributed by atoms with Crippen LogP contribution in [0.5, 0.6) is 11.6 Å². The molecule has 8 heteroatoms. The standard InChI is InChI=1S/C24H35N5O3/c1-24(2,29-11-13-30-14-12-29)19-28-23(25-3)27-18-20-9-10-22(26-17-20)32-16-15-31-21-7-5-4-6-8-21/h4-10,17H,11-16,18-19H2,1-3H3,(H2,25,27,28). The lowest BCUT2D eigenvalue weighted by atomic mass is 10.0. The monoisotopic (exact) mass is 441 g/mol. The number of rotatable bonds is 10. The number of pyridine rings is 1. The van der Waals surface area contributed by atoms with Gasteiger partial charge < -0.3 is 24.8 Å². The second-order valence-electron chi connectivity index (χ2n) is 8.21.